The predicted molar refractivity (Wildman–Crippen MR) is 45.9 cm³/mol. The monoisotopic (exact) mass is 196 g/mol. The van der Waals surface area contributed by atoms with Crippen LogP contribution in [0.15, 0.2) is 18.5 Å². The summed E-state index contributed by atoms with van der Waals surface area (Å²) in [5.41, 5.74) is 4.83. The number of nitrogens with zero attached hydrogens (tertiary/aromatic N) is 1. The molecule has 1 rings (SSSR count). The number of aromatic carboxylic acids is 1. The highest BCUT2D eigenvalue weighted by Crippen LogP contribution is 2.10. The fourth-order valence-electron chi connectivity index (χ4n) is 0.769. The molecule has 1 aromatic heterocycles. The van der Waals surface area contributed by atoms with E-state index < -0.39 is 11.9 Å². The molecule has 0 radical (unpaired) electrons. The van der Waals surface area contributed by atoms with Crippen molar-refractivity contribution in [1.29, 1.82) is 0 Å². The van der Waals surface area contributed by atoms with Crippen molar-refractivity contribution in [3.8, 4) is 5.75 Å². The summed E-state index contributed by atoms with van der Waals surface area (Å²) in [5, 5.41) is 8.60. The number of carboxylic acids is 1. The van der Waals surface area contributed by atoms with Gasteiger partial charge in [-0.1, -0.05) is 0 Å². The number of pyridine rings is 1. The summed E-state index contributed by atoms with van der Waals surface area (Å²) in [6, 6.07) is 1.26. The molecule has 0 atom stereocenters. The van der Waals surface area contributed by atoms with Crippen molar-refractivity contribution in [2.75, 3.05) is 6.61 Å². The molecule has 6 nitrogen and oxygen atoms in total. The molecule has 0 aromatic carbocycles. The summed E-state index contributed by atoms with van der Waals surface area (Å²) < 4.78 is 4.86. The van der Waals surface area contributed by atoms with Crippen LogP contribution < -0.4 is 10.5 Å². The first-order valence-corrected chi connectivity index (χ1v) is 3.69. The van der Waals surface area contributed by atoms with Crippen LogP contribution in [0.5, 0.6) is 5.75 Å². The van der Waals surface area contributed by atoms with Gasteiger partial charge in [-0.15, -0.1) is 0 Å². The van der Waals surface area contributed by atoms with Gasteiger partial charge >= 0.3 is 5.97 Å². The van der Waals surface area contributed by atoms with Crippen LogP contribution in [0.3, 0.4) is 0 Å². The van der Waals surface area contributed by atoms with Gasteiger partial charge in [0.1, 0.15) is 5.75 Å². The number of rotatable bonds is 4. The van der Waals surface area contributed by atoms with Crippen LogP contribution in [0, 0.1) is 0 Å². The second-order valence-corrected chi connectivity index (χ2v) is 2.47. The Balaban J connectivity index is 2.73. The zero-order valence-corrected chi connectivity index (χ0v) is 7.14. The smallest absolute Gasteiger partial charge is 0.337 e. The molecule has 6 heteroatoms. The highest BCUT2D eigenvalue weighted by molar-refractivity contribution is 5.87. The number of carbonyl (C=O) groups is 2. The Hall–Kier alpha value is -2.11. The molecule has 0 spiro atoms. The molecule has 0 aliphatic rings. The van der Waals surface area contributed by atoms with E-state index in [0.717, 1.165) is 0 Å². The van der Waals surface area contributed by atoms with E-state index in [1.807, 2.05) is 0 Å². The van der Waals surface area contributed by atoms with E-state index in [-0.39, 0.29) is 17.9 Å². The first-order valence-electron chi connectivity index (χ1n) is 3.69. The maximum atomic E-state index is 10.5. The van der Waals surface area contributed by atoms with E-state index in [1.54, 1.807) is 0 Å². The second-order valence-electron chi connectivity index (χ2n) is 2.47. The van der Waals surface area contributed by atoms with Crippen LogP contribution in [0.1, 0.15) is 10.4 Å². The Morgan fingerprint density at radius 1 is 1.50 bits per heavy atom. The number of amides is 1. The minimum Gasteiger partial charge on any atom is -0.482 e. The van der Waals surface area contributed by atoms with Gasteiger partial charge < -0.3 is 15.6 Å². The summed E-state index contributed by atoms with van der Waals surface area (Å²) in [4.78, 5) is 24.5. The van der Waals surface area contributed by atoms with Gasteiger partial charge in [-0.25, -0.2) is 4.79 Å². The van der Waals surface area contributed by atoms with Gasteiger partial charge in [-0.3, -0.25) is 9.78 Å². The third-order valence-corrected chi connectivity index (χ3v) is 1.34. The zero-order valence-electron chi connectivity index (χ0n) is 7.14. The number of ether oxygens (including phenoxy) is 1. The predicted octanol–water partition coefficient (Wildman–Crippen LogP) is -0.356. The summed E-state index contributed by atoms with van der Waals surface area (Å²) >= 11 is 0. The number of primary amides is 1. The molecular formula is C8H8N2O4. The van der Waals surface area contributed by atoms with E-state index in [2.05, 4.69) is 4.98 Å². The fraction of sp³-hybridized carbons (Fsp3) is 0.125. The summed E-state index contributed by atoms with van der Waals surface area (Å²) in [6.07, 6.45) is 2.48. The molecule has 0 saturated heterocycles. The van der Waals surface area contributed by atoms with Crippen molar-refractivity contribution < 1.29 is 19.4 Å². The minimum absolute atomic E-state index is 0.00743. The fourth-order valence-corrected chi connectivity index (χ4v) is 0.769. The molecule has 0 fully saturated rings. The third-order valence-electron chi connectivity index (χ3n) is 1.34. The third kappa shape index (κ3) is 2.74. The van der Waals surface area contributed by atoms with Gasteiger partial charge in [-0.05, 0) is 6.07 Å². The number of aromatic nitrogens is 1. The Bertz CT molecular complexity index is 364. The van der Waals surface area contributed by atoms with Crippen molar-refractivity contribution in [2.24, 2.45) is 5.73 Å². The van der Waals surface area contributed by atoms with Gasteiger partial charge in [0.15, 0.2) is 6.61 Å². The van der Waals surface area contributed by atoms with Crippen LogP contribution in [-0.2, 0) is 4.79 Å². The highest BCUT2D eigenvalue weighted by atomic mass is 16.5. The quantitative estimate of drug-likeness (QED) is 0.684. The lowest BCUT2D eigenvalue weighted by Crippen LogP contribution is -2.20. The molecule has 1 aromatic rings. The first-order chi connectivity index (χ1) is 6.59. The maximum absolute atomic E-state index is 10.5. The van der Waals surface area contributed by atoms with Crippen LogP contribution >= 0.6 is 0 Å². The number of carboxylic acid groups (broad SMARTS) is 1. The van der Waals surface area contributed by atoms with Gasteiger partial charge in [0.2, 0.25) is 0 Å². The number of hydrogen-bond acceptors (Lipinski definition) is 4. The second kappa shape index (κ2) is 4.22. The topological polar surface area (TPSA) is 103 Å². The van der Waals surface area contributed by atoms with Crippen LogP contribution in [-0.4, -0.2) is 28.6 Å². The molecule has 0 bridgehead atoms. The normalized spacial score (nSPS) is 9.43. The van der Waals surface area contributed by atoms with Crippen LogP contribution in [0.2, 0.25) is 0 Å². The molecule has 1 amide bonds. The standard InChI is InChI=1S/C8H8N2O4/c9-7(11)4-14-6-1-5(8(12)13)2-10-3-6/h1-3H,4H2,(H2,9,11)(H,12,13). The average molecular weight is 196 g/mol. The molecule has 0 aliphatic carbocycles. The van der Waals surface area contributed by atoms with Gasteiger partial charge in [0.05, 0.1) is 11.8 Å². The Kier molecular flexibility index (Phi) is 3.01. The maximum Gasteiger partial charge on any atom is 0.337 e. The lowest BCUT2D eigenvalue weighted by molar-refractivity contribution is -0.119. The van der Waals surface area contributed by atoms with E-state index in [1.165, 1.54) is 18.5 Å². The molecule has 0 saturated carbocycles. The van der Waals surface area contributed by atoms with Crippen molar-refractivity contribution >= 4 is 11.9 Å². The van der Waals surface area contributed by atoms with Crippen molar-refractivity contribution in [1.82, 2.24) is 4.98 Å². The van der Waals surface area contributed by atoms with Crippen LogP contribution in [0.25, 0.3) is 0 Å². The Morgan fingerprint density at radius 3 is 2.79 bits per heavy atom. The molecular weight excluding hydrogens is 188 g/mol. The number of nitrogens with two attached hydrogens (primary N) is 1. The zero-order chi connectivity index (χ0) is 10.6. The largest absolute Gasteiger partial charge is 0.482 e. The average Bonchev–Trinajstić information content (AvgIpc) is 2.15. The van der Waals surface area contributed by atoms with Crippen molar-refractivity contribution in [3.63, 3.8) is 0 Å². The number of carbonyl (C=O) groups excluding carboxylic acids is 1. The SMILES string of the molecule is NC(=O)COc1cncc(C(=O)O)c1. The van der Waals surface area contributed by atoms with E-state index in [4.69, 9.17) is 15.6 Å². The molecule has 1 heterocycles. The van der Waals surface area contributed by atoms with Gasteiger partial charge in [0.25, 0.3) is 5.91 Å². The molecule has 0 aliphatic heterocycles. The van der Waals surface area contributed by atoms with E-state index in [0.29, 0.717) is 0 Å². The van der Waals surface area contributed by atoms with E-state index >= 15 is 0 Å². The highest BCUT2D eigenvalue weighted by Gasteiger charge is 2.05. The molecule has 0 unspecified atom stereocenters. The Morgan fingerprint density at radius 2 is 2.21 bits per heavy atom. The lowest BCUT2D eigenvalue weighted by atomic mass is 10.3. The van der Waals surface area contributed by atoms with Crippen molar-refractivity contribution in [2.45, 2.75) is 0 Å². The summed E-state index contributed by atoms with van der Waals surface area (Å²) in [6.45, 7) is -0.301. The lowest BCUT2D eigenvalue weighted by Gasteiger charge is -2.02. The van der Waals surface area contributed by atoms with Crippen LogP contribution in [0.4, 0.5) is 0 Å². The summed E-state index contributed by atoms with van der Waals surface area (Å²) in [7, 11) is 0. The first kappa shape index (κ1) is 9.97. The van der Waals surface area contributed by atoms with Gasteiger partial charge in [-0.2, -0.15) is 0 Å². The molecule has 74 valence electrons. The van der Waals surface area contributed by atoms with Crippen molar-refractivity contribution in [3.05, 3.63) is 24.0 Å². The molecule has 14 heavy (non-hydrogen) atoms. The van der Waals surface area contributed by atoms with Gasteiger partial charge in [0, 0.05) is 6.20 Å². The molecule has 3 N–H and O–H groups in total. The summed E-state index contributed by atoms with van der Waals surface area (Å²) in [5.74, 6) is -1.54. The number of hydrogen-bond donors (Lipinski definition) is 2. The van der Waals surface area contributed by atoms with E-state index in [9.17, 15) is 9.59 Å². The Labute approximate surface area is 79.3 Å². The minimum atomic E-state index is -1.11.